The lowest BCUT2D eigenvalue weighted by atomic mass is 10.1. The third-order valence-electron chi connectivity index (χ3n) is 4.13. The Balaban J connectivity index is 1.72. The first-order valence-corrected chi connectivity index (χ1v) is 7.57. The molecule has 110 valence electrons. The fourth-order valence-electron chi connectivity index (χ4n) is 2.97. The highest BCUT2D eigenvalue weighted by Crippen LogP contribution is 2.27. The van der Waals surface area contributed by atoms with Gasteiger partial charge in [0.1, 0.15) is 0 Å². The molecular weight excluding hydrogens is 260 g/mol. The average molecular weight is 282 g/mol. The van der Waals surface area contributed by atoms with Crippen molar-refractivity contribution < 1.29 is 5.11 Å². The molecule has 3 rings (SSSR count). The molecular formula is C18H22N2O. The molecule has 2 aromatic carbocycles. The summed E-state index contributed by atoms with van der Waals surface area (Å²) in [6.45, 7) is 5.83. The van der Waals surface area contributed by atoms with Gasteiger partial charge in [-0.15, -0.1) is 0 Å². The predicted molar refractivity (Wildman–Crippen MR) is 87.9 cm³/mol. The van der Waals surface area contributed by atoms with Gasteiger partial charge in [0.25, 0.3) is 0 Å². The van der Waals surface area contributed by atoms with Gasteiger partial charge in [-0.3, -0.25) is 0 Å². The van der Waals surface area contributed by atoms with Gasteiger partial charge in [0, 0.05) is 43.1 Å². The molecule has 0 aliphatic carbocycles. The molecule has 1 saturated heterocycles. The second-order valence-electron chi connectivity index (χ2n) is 5.54. The number of rotatable bonds is 3. The van der Waals surface area contributed by atoms with Crippen LogP contribution in [0.1, 0.15) is 18.6 Å². The highest BCUT2D eigenvalue weighted by Gasteiger charge is 2.20. The summed E-state index contributed by atoms with van der Waals surface area (Å²) in [5, 5.41) is 9.93. The third-order valence-corrected chi connectivity index (χ3v) is 4.13. The first kappa shape index (κ1) is 14.0. The molecule has 21 heavy (non-hydrogen) atoms. The van der Waals surface area contributed by atoms with E-state index in [1.165, 1.54) is 11.4 Å². The molecule has 3 heteroatoms. The van der Waals surface area contributed by atoms with Gasteiger partial charge in [-0.2, -0.15) is 0 Å². The van der Waals surface area contributed by atoms with E-state index >= 15 is 0 Å². The van der Waals surface area contributed by atoms with E-state index in [0.29, 0.717) is 0 Å². The van der Waals surface area contributed by atoms with Crippen LogP contribution in [0, 0.1) is 0 Å². The van der Waals surface area contributed by atoms with Crippen LogP contribution in [0.4, 0.5) is 11.4 Å². The van der Waals surface area contributed by atoms with Crippen molar-refractivity contribution >= 4 is 11.4 Å². The summed E-state index contributed by atoms with van der Waals surface area (Å²) in [7, 11) is 0. The second kappa shape index (κ2) is 6.19. The van der Waals surface area contributed by atoms with E-state index in [2.05, 4.69) is 46.2 Å². The van der Waals surface area contributed by atoms with Gasteiger partial charge in [0.2, 0.25) is 0 Å². The van der Waals surface area contributed by atoms with Gasteiger partial charge in [-0.05, 0) is 25.1 Å². The van der Waals surface area contributed by atoms with Crippen LogP contribution < -0.4 is 9.80 Å². The second-order valence-corrected chi connectivity index (χ2v) is 5.54. The fraction of sp³-hybridized carbons (Fsp3) is 0.333. The number of aliphatic hydroxyl groups is 1. The van der Waals surface area contributed by atoms with E-state index in [1.54, 1.807) is 0 Å². The van der Waals surface area contributed by atoms with E-state index in [0.717, 1.165) is 31.7 Å². The number of anilines is 2. The molecule has 0 spiro atoms. The normalized spacial score (nSPS) is 16.9. The minimum absolute atomic E-state index is 0.423. The fourth-order valence-corrected chi connectivity index (χ4v) is 2.97. The number of piperazine rings is 1. The lowest BCUT2D eigenvalue weighted by Crippen LogP contribution is -2.46. The summed E-state index contributed by atoms with van der Waals surface area (Å²) in [6, 6.07) is 18.7. The molecule has 2 aromatic rings. The average Bonchev–Trinajstić information content (AvgIpc) is 2.56. The molecule has 0 bridgehead atoms. The molecule has 0 unspecified atom stereocenters. The maximum absolute atomic E-state index is 9.93. The van der Waals surface area contributed by atoms with Crippen molar-refractivity contribution in [2.24, 2.45) is 0 Å². The van der Waals surface area contributed by atoms with Crippen molar-refractivity contribution in [3.8, 4) is 0 Å². The zero-order chi connectivity index (χ0) is 14.7. The quantitative estimate of drug-likeness (QED) is 0.937. The molecule has 1 N–H and O–H groups in total. The van der Waals surface area contributed by atoms with Crippen LogP contribution in [0.5, 0.6) is 0 Å². The van der Waals surface area contributed by atoms with Crippen LogP contribution in [-0.4, -0.2) is 31.3 Å². The van der Waals surface area contributed by atoms with Crippen LogP contribution in [0.15, 0.2) is 54.6 Å². The van der Waals surface area contributed by atoms with Gasteiger partial charge in [0.05, 0.1) is 6.10 Å². The number of para-hydroxylation sites is 2. The topological polar surface area (TPSA) is 26.7 Å². The minimum atomic E-state index is -0.423. The van der Waals surface area contributed by atoms with E-state index in [1.807, 2.05) is 25.1 Å². The standard InChI is InChI=1S/C18H22N2O/c1-15(21)17-9-5-6-10-18(17)20-13-11-19(12-14-20)16-7-3-2-4-8-16/h2-10,15,21H,11-14H2,1H3/t15-/m1/s1. The minimum Gasteiger partial charge on any atom is -0.389 e. The first-order valence-electron chi connectivity index (χ1n) is 7.57. The molecule has 1 heterocycles. The van der Waals surface area contributed by atoms with Gasteiger partial charge in [-0.25, -0.2) is 0 Å². The Morgan fingerprint density at radius 2 is 1.38 bits per heavy atom. The monoisotopic (exact) mass is 282 g/mol. The smallest absolute Gasteiger partial charge is 0.0781 e. The van der Waals surface area contributed by atoms with Gasteiger partial charge in [-0.1, -0.05) is 36.4 Å². The van der Waals surface area contributed by atoms with E-state index in [9.17, 15) is 5.11 Å². The van der Waals surface area contributed by atoms with E-state index in [-0.39, 0.29) is 0 Å². The lowest BCUT2D eigenvalue weighted by Gasteiger charge is -2.38. The van der Waals surface area contributed by atoms with Gasteiger partial charge >= 0.3 is 0 Å². The Bertz CT molecular complexity index is 575. The highest BCUT2D eigenvalue weighted by molar-refractivity contribution is 5.56. The molecule has 1 fully saturated rings. The van der Waals surface area contributed by atoms with Crippen molar-refractivity contribution in [3.05, 3.63) is 60.2 Å². The number of aliphatic hydroxyl groups excluding tert-OH is 1. The largest absolute Gasteiger partial charge is 0.389 e. The van der Waals surface area contributed by atoms with Crippen molar-refractivity contribution in [1.82, 2.24) is 0 Å². The number of hydrogen-bond acceptors (Lipinski definition) is 3. The van der Waals surface area contributed by atoms with Crippen LogP contribution >= 0.6 is 0 Å². The first-order chi connectivity index (χ1) is 10.3. The molecule has 1 atom stereocenters. The Morgan fingerprint density at radius 3 is 2.05 bits per heavy atom. The molecule has 0 radical (unpaired) electrons. The van der Waals surface area contributed by atoms with Crippen molar-refractivity contribution in [2.75, 3.05) is 36.0 Å². The summed E-state index contributed by atoms with van der Waals surface area (Å²) in [4.78, 5) is 4.79. The summed E-state index contributed by atoms with van der Waals surface area (Å²) in [5.74, 6) is 0. The summed E-state index contributed by atoms with van der Waals surface area (Å²) in [5.41, 5.74) is 3.48. The van der Waals surface area contributed by atoms with Crippen LogP contribution in [-0.2, 0) is 0 Å². The maximum Gasteiger partial charge on any atom is 0.0781 e. The van der Waals surface area contributed by atoms with Gasteiger partial charge < -0.3 is 14.9 Å². The van der Waals surface area contributed by atoms with Crippen molar-refractivity contribution in [1.29, 1.82) is 0 Å². The van der Waals surface area contributed by atoms with Crippen molar-refractivity contribution in [2.45, 2.75) is 13.0 Å². The molecule has 0 amide bonds. The van der Waals surface area contributed by atoms with Gasteiger partial charge in [0.15, 0.2) is 0 Å². The zero-order valence-corrected chi connectivity index (χ0v) is 12.4. The Morgan fingerprint density at radius 1 is 0.810 bits per heavy atom. The highest BCUT2D eigenvalue weighted by atomic mass is 16.3. The van der Waals surface area contributed by atoms with Crippen molar-refractivity contribution in [3.63, 3.8) is 0 Å². The number of hydrogen-bond donors (Lipinski definition) is 1. The molecule has 0 aromatic heterocycles. The third kappa shape index (κ3) is 3.03. The SMILES string of the molecule is C[C@@H](O)c1ccccc1N1CCN(c2ccccc2)CC1. The van der Waals surface area contributed by atoms with E-state index < -0.39 is 6.10 Å². The maximum atomic E-state index is 9.93. The summed E-state index contributed by atoms with van der Waals surface area (Å²) >= 11 is 0. The summed E-state index contributed by atoms with van der Waals surface area (Å²) in [6.07, 6.45) is -0.423. The molecule has 0 saturated carbocycles. The molecule has 1 aliphatic heterocycles. The van der Waals surface area contributed by atoms with Crippen LogP contribution in [0.2, 0.25) is 0 Å². The number of nitrogens with zero attached hydrogens (tertiary/aromatic N) is 2. The zero-order valence-electron chi connectivity index (χ0n) is 12.4. The van der Waals surface area contributed by atoms with Crippen LogP contribution in [0.25, 0.3) is 0 Å². The Hall–Kier alpha value is -2.00. The summed E-state index contributed by atoms with van der Waals surface area (Å²) < 4.78 is 0. The molecule has 1 aliphatic rings. The molecule has 3 nitrogen and oxygen atoms in total. The Labute approximate surface area is 126 Å². The van der Waals surface area contributed by atoms with E-state index in [4.69, 9.17) is 0 Å². The predicted octanol–water partition coefficient (Wildman–Crippen LogP) is 3.07. The number of benzene rings is 2. The van der Waals surface area contributed by atoms with Crippen LogP contribution in [0.3, 0.4) is 0 Å². The lowest BCUT2D eigenvalue weighted by molar-refractivity contribution is 0.199. The Kier molecular flexibility index (Phi) is 4.11.